The van der Waals surface area contributed by atoms with Crippen LogP contribution in [0.1, 0.15) is 19.4 Å². The maximum atomic E-state index is 12.7. The summed E-state index contributed by atoms with van der Waals surface area (Å²) in [5.41, 5.74) is 3.90. The van der Waals surface area contributed by atoms with Crippen LogP contribution in [-0.2, 0) is 19.9 Å². The van der Waals surface area contributed by atoms with Crippen molar-refractivity contribution in [1.82, 2.24) is 0 Å². The van der Waals surface area contributed by atoms with Gasteiger partial charge in [0.05, 0.1) is 16.5 Å². The molecule has 1 aliphatic rings. The summed E-state index contributed by atoms with van der Waals surface area (Å²) in [5, 5.41) is 13.9. The predicted octanol–water partition coefficient (Wildman–Crippen LogP) is 2.76. The Morgan fingerprint density at radius 1 is 1.22 bits per heavy atom. The average molecular weight is 476 g/mol. The number of hydrogen-bond donors (Lipinski definition) is 3. The molecule has 2 amide bonds. The smallest absolute Gasteiger partial charge is 0.411 e. The molecule has 0 aromatic heterocycles. The number of halogens is 2. The number of nitrogens with zero attached hydrogens (tertiary/aromatic N) is 1. The van der Waals surface area contributed by atoms with Gasteiger partial charge in [-0.3, -0.25) is 15.1 Å². The number of nitrogens with two attached hydrogens (primary N) is 1. The Morgan fingerprint density at radius 3 is 2.56 bits per heavy atom. The normalized spacial score (nSPS) is 17.2. The van der Waals surface area contributed by atoms with Gasteiger partial charge >= 0.3 is 12.1 Å². The van der Waals surface area contributed by atoms with Gasteiger partial charge in [-0.1, -0.05) is 35.3 Å². The van der Waals surface area contributed by atoms with Crippen molar-refractivity contribution < 1.29 is 24.2 Å². The van der Waals surface area contributed by atoms with Crippen LogP contribution in [0, 0.1) is 0 Å². The fourth-order valence-corrected chi connectivity index (χ4v) is 3.98. The predicted molar refractivity (Wildman–Crippen MR) is 120 cm³/mol. The Labute approximate surface area is 193 Å². The zero-order valence-electron chi connectivity index (χ0n) is 17.1. The van der Waals surface area contributed by atoms with Gasteiger partial charge in [0.15, 0.2) is 0 Å². The Balaban J connectivity index is 2.26. The molecular formula is C22H19Cl2N3O5. The zero-order chi connectivity index (χ0) is 23.6. The second-order valence-electron chi connectivity index (χ2n) is 7.22. The molecule has 1 unspecified atom stereocenters. The van der Waals surface area contributed by atoms with E-state index in [9.17, 15) is 19.5 Å². The number of benzene rings is 2. The molecule has 0 radical (unpaired) electrons. The number of amides is 2. The number of anilines is 1. The molecule has 32 heavy (non-hydrogen) atoms. The maximum Gasteiger partial charge on any atom is 0.411 e. The van der Waals surface area contributed by atoms with E-state index in [0.717, 1.165) is 6.08 Å². The third-order valence-electron chi connectivity index (χ3n) is 4.57. The minimum atomic E-state index is -1.97. The van der Waals surface area contributed by atoms with E-state index in [-0.39, 0.29) is 32.6 Å². The highest BCUT2D eigenvalue weighted by atomic mass is 35.5. The first-order valence-electron chi connectivity index (χ1n) is 9.43. The Bertz CT molecular complexity index is 1270. The van der Waals surface area contributed by atoms with Gasteiger partial charge < -0.3 is 15.6 Å². The highest BCUT2D eigenvalue weighted by molar-refractivity contribution is 6.34. The highest BCUT2D eigenvalue weighted by Crippen LogP contribution is 2.38. The van der Waals surface area contributed by atoms with Crippen molar-refractivity contribution in [2.75, 3.05) is 5.32 Å². The van der Waals surface area contributed by atoms with Gasteiger partial charge in [-0.25, -0.2) is 9.59 Å². The molecule has 0 fully saturated rings. The van der Waals surface area contributed by atoms with E-state index in [1.54, 1.807) is 26.0 Å². The number of carboxylic acids is 1. The van der Waals surface area contributed by atoms with Gasteiger partial charge in [0, 0.05) is 27.6 Å². The molecule has 2 aromatic carbocycles. The number of ether oxygens (including phenoxy) is 1. The minimum absolute atomic E-state index is 0.127. The van der Waals surface area contributed by atoms with Crippen LogP contribution in [0.5, 0.6) is 0 Å². The quantitative estimate of drug-likeness (QED) is 0.552. The second-order valence-corrected chi connectivity index (χ2v) is 8.06. The molecule has 2 aromatic rings. The lowest BCUT2D eigenvalue weighted by Crippen LogP contribution is -2.35. The number of carbonyl (C=O) groups is 3. The molecule has 0 saturated carbocycles. The summed E-state index contributed by atoms with van der Waals surface area (Å²) in [5.74, 6) is -2.10. The number of carbonyl (C=O) groups excluding carboxylic acids is 2. The van der Waals surface area contributed by atoms with Gasteiger partial charge in [-0.2, -0.15) is 0 Å². The molecule has 1 atom stereocenters. The van der Waals surface area contributed by atoms with Crippen LogP contribution in [0.4, 0.5) is 10.5 Å². The third kappa shape index (κ3) is 4.46. The number of fused-ring (bicyclic) bond motifs is 1. The molecule has 0 bridgehead atoms. The van der Waals surface area contributed by atoms with Crippen molar-refractivity contribution >= 4 is 52.4 Å². The summed E-state index contributed by atoms with van der Waals surface area (Å²) in [6, 6.07) is 9.06. The SMILES string of the molecule is CC(C)OC(=O)Nc1cccc(C2(C(=O)O)N=c3cc(Cl)cc(Cl)c3=C2C=CC(N)=O)c1. The Hall–Kier alpha value is -3.36. The number of carboxylic acid groups (broad SMARTS) is 1. The molecular weight excluding hydrogens is 457 g/mol. The lowest BCUT2D eigenvalue weighted by molar-refractivity contribution is -0.141. The molecule has 0 saturated heterocycles. The van der Waals surface area contributed by atoms with Gasteiger partial charge in [-0.15, -0.1) is 0 Å². The van der Waals surface area contributed by atoms with Crippen molar-refractivity contribution in [3.63, 3.8) is 0 Å². The largest absolute Gasteiger partial charge is 0.479 e. The van der Waals surface area contributed by atoms with E-state index in [1.165, 1.54) is 30.3 Å². The van der Waals surface area contributed by atoms with Crippen LogP contribution in [0.25, 0.3) is 5.57 Å². The van der Waals surface area contributed by atoms with Crippen molar-refractivity contribution in [3.05, 3.63) is 74.7 Å². The standard InChI is InChI=1S/C22H19Cl2N3O5/c1-11(2)32-21(31)26-14-5-3-4-12(8-14)22(20(29)30)15(6-7-18(25)28)19-16(24)9-13(23)10-17(19)27-22/h3-11H,1-2H3,(H2,25,28)(H,26,31)(H,29,30). The van der Waals surface area contributed by atoms with E-state index < -0.39 is 23.5 Å². The van der Waals surface area contributed by atoms with Crippen molar-refractivity contribution in [2.24, 2.45) is 10.7 Å². The number of nitrogens with one attached hydrogen (secondary N) is 1. The molecule has 166 valence electrons. The molecule has 1 heterocycles. The Kier molecular flexibility index (Phi) is 6.57. The lowest BCUT2D eigenvalue weighted by atomic mass is 9.82. The average Bonchev–Trinajstić information content (AvgIpc) is 3.01. The summed E-state index contributed by atoms with van der Waals surface area (Å²) in [4.78, 5) is 40.5. The van der Waals surface area contributed by atoms with Crippen LogP contribution in [-0.4, -0.2) is 29.2 Å². The van der Waals surface area contributed by atoms with Crippen LogP contribution in [0.3, 0.4) is 0 Å². The molecule has 0 aliphatic carbocycles. The minimum Gasteiger partial charge on any atom is -0.479 e. The van der Waals surface area contributed by atoms with E-state index in [1.807, 2.05) is 0 Å². The third-order valence-corrected chi connectivity index (χ3v) is 5.09. The molecule has 0 spiro atoms. The van der Waals surface area contributed by atoms with E-state index >= 15 is 0 Å². The molecule has 4 N–H and O–H groups in total. The molecule has 10 heteroatoms. The summed E-state index contributed by atoms with van der Waals surface area (Å²) < 4.78 is 5.07. The van der Waals surface area contributed by atoms with E-state index in [0.29, 0.717) is 10.9 Å². The van der Waals surface area contributed by atoms with Gasteiger partial charge in [0.25, 0.3) is 0 Å². The number of aliphatic carboxylic acids is 1. The molecule has 3 rings (SSSR count). The van der Waals surface area contributed by atoms with Crippen molar-refractivity contribution in [3.8, 4) is 0 Å². The monoisotopic (exact) mass is 475 g/mol. The van der Waals surface area contributed by atoms with Gasteiger partial charge in [0.1, 0.15) is 0 Å². The highest BCUT2D eigenvalue weighted by Gasteiger charge is 2.46. The summed E-state index contributed by atoms with van der Waals surface area (Å²) in [6.45, 7) is 3.40. The second kappa shape index (κ2) is 9.02. The first-order valence-corrected chi connectivity index (χ1v) is 10.2. The van der Waals surface area contributed by atoms with Crippen LogP contribution in [0.15, 0.2) is 53.5 Å². The topological polar surface area (TPSA) is 131 Å². The van der Waals surface area contributed by atoms with Gasteiger partial charge in [-0.05, 0) is 49.8 Å². The summed E-state index contributed by atoms with van der Waals surface area (Å²) in [6.07, 6.45) is 1.28. The lowest BCUT2D eigenvalue weighted by Gasteiger charge is -2.25. The molecule has 8 nitrogen and oxygen atoms in total. The van der Waals surface area contributed by atoms with E-state index in [4.69, 9.17) is 33.7 Å². The van der Waals surface area contributed by atoms with Crippen molar-refractivity contribution in [1.29, 1.82) is 0 Å². The fraction of sp³-hybridized carbons (Fsp3) is 0.182. The summed E-state index contributed by atoms with van der Waals surface area (Å²) in [7, 11) is 0. The Morgan fingerprint density at radius 2 is 1.94 bits per heavy atom. The van der Waals surface area contributed by atoms with Crippen LogP contribution >= 0.6 is 23.2 Å². The maximum absolute atomic E-state index is 12.7. The van der Waals surface area contributed by atoms with Crippen molar-refractivity contribution in [2.45, 2.75) is 25.5 Å². The summed E-state index contributed by atoms with van der Waals surface area (Å²) >= 11 is 12.5. The first-order chi connectivity index (χ1) is 15.0. The number of primary amides is 1. The number of rotatable bonds is 6. The number of hydrogen-bond acceptors (Lipinski definition) is 5. The van der Waals surface area contributed by atoms with Crippen LogP contribution in [0.2, 0.25) is 10.0 Å². The van der Waals surface area contributed by atoms with E-state index in [2.05, 4.69) is 10.3 Å². The van der Waals surface area contributed by atoms with Crippen LogP contribution < -0.4 is 21.6 Å². The zero-order valence-corrected chi connectivity index (χ0v) is 18.6. The molecule has 1 aliphatic heterocycles. The van der Waals surface area contributed by atoms with Gasteiger partial charge in [0.2, 0.25) is 11.4 Å². The first kappa shape index (κ1) is 23.3. The fourth-order valence-electron chi connectivity index (χ4n) is 3.40.